The van der Waals surface area contributed by atoms with Gasteiger partial charge in [-0.2, -0.15) is 8.42 Å². The van der Waals surface area contributed by atoms with Crippen molar-refractivity contribution in [3.05, 3.63) is 91.4 Å². The lowest BCUT2D eigenvalue weighted by Gasteiger charge is -2.33. The number of hydrogen-bond donors (Lipinski definition) is 3. The van der Waals surface area contributed by atoms with E-state index in [1.807, 2.05) is 0 Å². The van der Waals surface area contributed by atoms with Crippen LogP contribution in [0.5, 0.6) is 11.5 Å². The van der Waals surface area contributed by atoms with Crippen molar-refractivity contribution in [2.75, 3.05) is 0 Å². The van der Waals surface area contributed by atoms with Gasteiger partial charge in [-0.1, -0.05) is 58.5 Å². The van der Waals surface area contributed by atoms with E-state index < -0.39 is 14.9 Å². The molecule has 0 saturated carbocycles. The number of hydrogen-bond acceptors (Lipinski definition) is 4. The van der Waals surface area contributed by atoms with Crippen LogP contribution in [0.4, 0.5) is 0 Å². The molecule has 0 spiro atoms. The van der Waals surface area contributed by atoms with Crippen LogP contribution in [0.25, 0.3) is 0 Å². The second kappa shape index (κ2) is 7.87. The van der Waals surface area contributed by atoms with Crippen LogP contribution in [-0.4, -0.2) is 23.2 Å². The van der Waals surface area contributed by atoms with Crippen LogP contribution in [0, 0.1) is 0 Å². The highest BCUT2D eigenvalue weighted by molar-refractivity contribution is 7.87. The summed E-state index contributed by atoms with van der Waals surface area (Å²) in [6, 6.07) is 11.3. The van der Waals surface area contributed by atoms with Gasteiger partial charge in [0.25, 0.3) is 10.1 Å². The fourth-order valence-corrected chi connectivity index (χ4v) is 5.48. The molecule has 0 fully saturated rings. The highest BCUT2D eigenvalue weighted by atomic mass is 35.5. The lowest BCUT2D eigenvalue weighted by Crippen LogP contribution is -2.38. The van der Waals surface area contributed by atoms with Crippen LogP contribution >= 0.6 is 46.4 Å². The molecule has 152 valence electrons. The summed E-state index contributed by atoms with van der Waals surface area (Å²) >= 11 is 24.5. The van der Waals surface area contributed by atoms with E-state index in [-0.39, 0.29) is 48.3 Å². The van der Waals surface area contributed by atoms with E-state index in [4.69, 9.17) is 46.4 Å². The van der Waals surface area contributed by atoms with E-state index in [0.29, 0.717) is 0 Å². The maximum atomic E-state index is 13.0. The van der Waals surface area contributed by atoms with Crippen molar-refractivity contribution in [1.82, 2.24) is 0 Å². The Morgan fingerprint density at radius 2 is 1.24 bits per heavy atom. The molecule has 0 aliphatic rings. The maximum Gasteiger partial charge on any atom is 0.283 e. The minimum atomic E-state index is -5.07. The SMILES string of the molecule is O=S(=O)(O)C(c1cc(O)cc(Cl)c1)(c1cc(O)cc(Cl)c1)c1cccc(Cl)c1Cl. The van der Waals surface area contributed by atoms with Crippen molar-refractivity contribution in [3.63, 3.8) is 0 Å². The smallest absolute Gasteiger partial charge is 0.283 e. The van der Waals surface area contributed by atoms with Gasteiger partial charge in [-0.3, -0.25) is 4.55 Å². The molecule has 0 heterocycles. The first-order valence-corrected chi connectivity index (χ1v) is 10.8. The van der Waals surface area contributed by atoms with Gasteiger partial charge in [0.2, 0.25) is 0 Å². The predicted octanol–water partition coefficient (Wildman–Crippen LogP) is 5.89. The van der Waals surface area contributed by atoms with Gasteiger partial charge in [0.1, 0.15) is 11.5 Å². The van der Waals surface area contributed by atoms with E-state index in [1.165, 1.54) is 42.5 Å². The van der Waals surface area contributed by atoms with Gasteiger partial charge in [-0.15, -0.1) is 0 Å². The number of phenolic OH excluding ortho intramolecular Hbond substituents is 2. The van der Waals surface area contributed by atoms with Crippen molar-refractivity contribution in [1.29, 1.82) is 0 Å². The van der Waals surface area contributed by atoms with Gasteiger partial charge in [0, 0.05) is 15.6 Å². The molecule has 0 aliphatic carbocycles. The van der Waals surface area contributed by atoms with Crippen molar-refractivity contribution in [2.24, 2.45) is 0 Å². The zero-order chi connectivity index (χ0) is 21.6. The van der Waals surface area contributed by atoms with Crippen molar-refractivity contribution in [3.8, 4) is 11.5 Å². The molecule has 0 aliphatic heterocycles. The van der Waals surface area contributed by atoms with Crippen molar-refractivity contribution < 1.29 is 23.2 Å². The summed E-state index contributed by atoms with van der Waals surface area (Å²) in [5.41, 5.74) is -0.413. The summed E-state index contributed by atoms with van der Waals surface area (Å²) in [5, 5.41) is 20.0. The molecule has 0 bridgehead atoms. The highest BCUT2D eigenvalue weighted by Crippen LogP contribution is 2.49. The Balaban J connectivity index is 2.62. The normalized spacial score (nSPS) is 12.2. The van der Waals surface area contributed by atoms with Crippen LogP contribution in [0.3, 0.4) is 0 Å². The molecule has 29 heavy (non-hydrogen) atoms. The first-order valence-electron chi connectivity index (χ1n) is 7.88. The van der Waals surface area contributed by atoms with Gasteiger partial charge >= 0.3 is 0 Å². The minimum absolute atomic E-state index is 0.00238. The van der Waals surface area contributed by atoms with Crippen molar-refractivity contribution in [2.45, 2.75) is 4.75 Å². The van der Waals surface area contributed by atoms with Crippen LogP contribution in [-0.2, 0) is 14.9 Å². The molecule has 0 saturated heterocycles. The Hall–Kier alpha value is -1.67. The van der Waals surface area contributed by atoms with Crippen LogP contribution < -0.4 is 0 Å². The first-order chi connectivity index (χ1) is 13.5. The van der Waals surface area contributed by atoms with Gasteiger partial charge in [0.15, 0.2) is 4.75 Å². The minimum Gasteiger partial charge on any atom is -0.508 e. The molecule has 0 unspecified atom stereocenters. The second-order valence-electron chi connectivity index (χ2n) is 6.15. The number of aromatic hydroxyl groups is 2. The number of halogens is 4. The zero-order valence-electron chi connectivity index (χ0n) is 14.3. The standard InChI is InChI=1S/C19H12Cl4O5S/c20-12-4-10(6-14(24)8-12)19(29(26,27)28,11-5-13(21)9-15(25)7-11)16-2-1-3-17(22)18(16)23/h1-9,24-25H,(H,26,27,28). The third kappa shape index (κ3) is 3.89. The molecule has 5 nitrogen and oxygen atoms in total. The average Bonchev–Trinajstić information content (AvgIpc) is 2.56. The van der Waals surface area contributed by atoms with Gasteiger partial charge < -0.3 is 10.2 Å². The first kappa shape index (κ1) is 22.0. The third-order valence-corrected chi connectivity index (χ3v) is 7.02. The van der Waals surface area contributed by atoms with E-state index in [0.717, 1.165) is 12.1 Å². The Labute approximate surface area is 186 Å². The number of phenols is 2. The summed E-state index contributed by atoms with van der Waals surface area (Å²) in [5.74, 6) is -0.713. The Morgan fingerprint density at radius 3 is 1.66 bits per heavy atom. The molecule has 0 amide bonds. The molecular weight excluding hydrogens is 482 g/mol. The van der Waals surface area contributed by atoms with Crippen molar-refractivity contribution >= 4 is 56.5 Å². The van der Waals surface area contributed by atoms with Gasteiger partial charge in [-0.25, -0.2) is 0 Å². The molecule has 0 atom stereocenters. The number of benzene rings is 3. The van der Waals surface area contributed by atoms with E-state index in [9.17, 15) is 23.2 Å². The van der Waals surface area contributed by atoms with E-state index in [2.05, 4.69) is 0 Å². The summed E-state index contributed by atoms with van der Waals surface area (Å²) in [6.45, 7) is 0. The molecule has 3 aromatic carbocycles. The number of rotatable bonds is 4. The third-order valence-electron chi connectivity index (χ3n) is 4.30. The summed E-state index contributed by atoms with van der Waals surface area (Å²) in [6.07, 6.45) is 0. The van der Waals surface area contributed by atoms with Crippen LogP contribution in [0.1, 0.15) is 16.7 Å². The van der Waals surface area contributed by atoms with E-state index in [1.54, 1.807) is 0 Å². The largest absolute Gasteiger partial charge is 0.508 e. The molecule has 3 aromatic rings. The Bertz CT molecular complexity index is 1120. The molecular formula is C19H12Cl4O5S. The second-order valence-corrected chi connectivity index (χ2v) is 9.37. The summed E-state index contributed by atoms with van der Waals surface area (Å²) in [7, 11) is -5.07. The van der Waals surface area contributed by atoms with Crippen LogP contribution in [0.2, 0.25) is 20.1 Å². The lowest BCUT2D eigenvalue weighted by molar-refractivity contribution is 0.455. The van der Waals surface area contributed by atoms with Gasteiger partial charge in [0.05, 0.1) is 10.0 Å². The van der Waals surface area contributed by atoms with E-state index >= 15 is 0 Å². The quantitative estimate of drug-likeness (QED) is 0.311. The molecule has 3 N–H and O–H groups in total. The topological polar surface area (TPSA) is 94.8 Å². The molecule has 0 radical (unpaired) electrons. The highest BCUT2D eigenvalue weighted by Gasteiger charge is 2.50. The fourth-order valence-electron chi connectivity index (χ4n) is 3.25. The Kier molecular flexibility index (Phi) is 5.98. The predicted molar refractivity (Wildman–Crippen MR) is 114 cm³/mol. The van der Waals surface area contributed by atoms with Gasteiger partial charge in [-0.05, 0) is 53.6 Å². The molecule has 10 heteroatoms. The molecule has 0 aromatic heterocycles. The lowest BCUT2D eigenvalue weighted by atomic mass is 9.83. The maximum absolute atomic E-state index is 13.0. The summed E-state index contributed by atoms with van der Waals surface area (Å²) in [4.78, 5) is 0. The molecule has 3 rings (SSSR count). The zero-order valence-corrected chi connectivity index (χ0v) is 18.1. The fraction of sp³-hybridized carbons (Fsp3) is 0.0526. The average molecular weight is 494 g/mol. The monoisotopic (exact) mass is 492 g/mol. The van der Waals surface area contributed by atoms with Crippen LogP contribution in [0.15, 0.2) is 54.6 Å². The summed E-state index contributed by atoms with van der Waals surface area (Å²) < 4.78 is 34.0. The Morgan fingerprint density at radius 1 is 0.759 bits per heavy atom.